The number of rotatable bonds is 9. The molecule has 4 N–H and O–H groups in total. The number of nitriles is 2. The number of amides is 1. The second-order valence-corrected chi connectivity index (χ2v) is 9.43. The van der Waals surface area contributed by atoms with E-state index in [1.807, 2.05) is 30.3 Å². The van der Waals surface area contributed by atoms with E-state index in [1.54, 1.807) is 30.1 Å². The third kappa shape index (κ3) is 5.23. The Bertz CT molecular complexity index is 1480. The summed E-state index contributed by atoms with van der Waals surface area (Å²) in [6, 6.07) is 12.0. The standard InChI is InChI=1S/C27H26F2N8O/c1-17(36-25(38)26(2,28)29)24(19-4-6-23(34-14-19)27(16-32)7-8-27)37-22-5-3-18(11-20(22)15-35-37)21(12-31)13-33-10-9-30/h3-6,11-15,17,24H,7-8,10H2,1-2H3,(H3,31,33,36,38)/p+1/t17-,24?/m0/s1. The van der Waals surface area contributed by atoms with Crippen LogP contribution in [0.25, 0.3) is 16.5 Å². The number of aromatic nitrogens is 3. The van der Waals surface area contributed by atoms with E-state index in [0.717, 1.165) is 29.3 Å². The summed E-state index contributed by atoms with van der Waals surface area (Å²) in [5.74, 6) is -4.92. The van der Waals surface area contributed by atoms with Crippen LogP contribution in [0.2, 0.25) is 0 Å². The summed E-state index contributed by atoms with van der Waals surface area (Å²) in [4.78, 5) is 20.7. The molecule has 0 radical (unpaired) electrons. The van der Waals surface area contributed by atoms with Crippen LogP contribution in [0, 0.1) is 22.7 Å². The SMILES string of the molecule is C[C@H](NC(=O)C(C)(F)F)C(c1ccc(C2(C#N)CC2)nc1)[n+]1[nH]cc2cc(/C(C=NCC#N)=C/N)ccc21. The van der Waals surface area contributed by atoms with Gasteiger partial charge in [0.25, 0.3) is 5.91 Å². The topological polar surface area (TPSA) is 148 Å². The minimum absolute atomic E-state index is 0.00808. The van der Waals surface area contributed by atoms with Crippen molar-refractivity contribution in [3.63, 3.8) is 0 Å². The predicted octanol–water partition coefficient (Wildman–Crippen LogP) is 3.05. The van der Waals surface area contributed by atoms with Crippen molar-refractivity contribution in [2.45, 2.75) is 50.1 Å². The van der Waals surface area contributed by atoms with E-state index in [1.165, 1.54) is 12.4 Å². The summed E-state index contributed by atoms with van der Waals surface area (Å²) in [6.07, 6.45) is 7.80. The molecule has 1 saturated carbocycles. The first-order chi connectivity index (χ1) is 18.1. The number of hydrogen-bond acceptors (Lipinski definition) is 6. The molecule has 1 aliphatic rings. The van der Waals surface area contributed by atoms with Crippen LogP contribution in [0.15, 0.2) is 53.9 Å². The number of halogens is 2. The molecule has 1 aromatic carbocycles. The maximum absolute atomic E-state index is 13.7. The smallest absolute Gasteiger partial charge is 0.321 e. The molecule has 1 aliphatic carbocycles. The summed E-state index contributed by atoms with van der Waals surface area (Å²) >= 11 is 0. The molecule has 38 heavy (non-hydrogen) atoms. The number of hydrogen-bond donors (Lipinski definition) is 3. The maximum atomic E-state index is 13.7. The third-order valence-corrected chi connectivity index (χ3v) is 6.64. The molecule has 1 fully saturated rings. The molecule has 2 aromatic heterocycles. The zero-order chi connectivity index (χ0) is 27.5. The average molecular weight is 518 g/mol. The Labute approximate surface area is 218 Å². The average Bonchev–Trinajstić information content (AvgIpc) is 3.60. The van der Waals surface area contributed by atoms with Crippen LogP contribution in [-0.2, 0) is 10.2 Å². The van der Waals surface area contributed by atoms with Crippen molar-refractivity contribution in [3.8, 4) is 12.1 Å². The fraction of sp³-hybridized carbons (Fsp3) is 0.333. The lowest BCUT2D eigenvalue weighted by Crippen LogP contribution is -2.55. The summed E-state index contributed by atoms with van der Waals surface area (Å²) in [5, 5.41) is 24.6. The monoisotopic (exact) mass is 517 g/mol. The first-order valence-electron chi connectivity index (χ1n) is 12.0. The molecule has 0 aliphatic heterocycles. The van der Waals surface area contributed by atoms with Crippen LogP contribution in [-0.4, -0.2) is 40.7 Å². The molecule has 1 unspecified atom stereocenters. The number of alkyl halides is 2. The van der Waals surface area contributed by atoms with E-state index in [4.69, 9.17) is 11.0 Å². The number of H-pyrrole nitrogens is 1. The van der Waals surface area contributed by atoms with Crippen LogP contribution in [0.4, 0.5) is 8.78 Å². The Morgan fingerprint density at radius 3 is 2.71 bits per heavy atom. The molecule has 1 amide bonds. The van der Waals surface area contributed by atoms with Crippen LogP contribution in [0.5, 0.6) is 0 Å². The van der Waals surface area contributed by atoms with Crippen molar-refractivity contribution >= 4 is 28.6 Å². The fourth-order valence-electron chi connectivity index (χ4n) is 4.39. The second-order valence-electron chi connectivity index (χ2n) is 9.43. The van der Waals surface area contributed by atoms with Crippen molar-refractivity contribution in [2.75, 3.05) is 6.54 Å². The van der Waals surface area contributed by atoms with Crippen molar-refractivity contribution in [3.05, 3.63) is 65.7 Å². The van der Waals surface area contributed by atoms with Crippen LogP contribution >= 0.6 is 0 Å². The highest BCUT2D eigenvalue weighted by atomic mass is 19.3. The van der Waals surface area contributed by atoms with Crippen LogP contribution < -0.4 is 15.7 Å². The minimum atomic E-state index is -3.54. The number of carbonyl (C=O) groups is 1. The van der Waals surface area contributed by atoms with Gasteiger partial charge in [-0.2, -0.15) is 24.4 Å². The van der Waals surface area contributed by atoms with Gasteiger partial charge < -0.3 is 11.1 Å². The molecular weight excluding hydrogens is 490 g/mol. The Morgan fingerprint density at radius 1 is 1.37 bits per heavy atom. The summed E-state index contributed by atoms with van der Waals surface area (Å²) in [5.41, 5.74) is 8.68. The Kier molecular flexibility index (Phi) is 7.22. The van der Waals surface area contributed by atoms with E-state index in [9.17, 15) is 18.8 Å². The lowest BCUT2D eigenvalue weighted by molar-refractivity contribution is -0.744. The predicted molar refractivity (Wildman–Crippen MR) is 137 cm³/mol. The van der Waals surface area contributed by atoms with Crippen molar-refractivity contribution in [1.82, 2.24) is 15.4 Å². The molecule has 2 heterocycles. The lowest BCUT2D eigenvalue weighted by Gasteiger charge is -2.22. The number of aliphatic imine (C=N–C) groups is 1. The first kappa shape index (κ1) is 26.4. The largest absolute Gasteiger partial charge is 0.404 e. The van der Waals surface area contributed by atoms with Crippen molar-refractivity contribution < 1.29 is 18.3 Å². The molecule has 9 nitrogen and oxygen atoms in total. The molecule has 0 saturated heterocycles. The molecule has 4 rings (SSSR count). The zero-order valence-corrected chi connectivity index (χ0v) is 20.9. The highest BCUT2D eigenvalue weighted by Crippen LogP contribution is 2.46. The molecular formula is C27H27F2N8O+. The van der Waals surface area contributed by atoms with Gasteiger partial charge in [0, 0.05) is 42.7 Å². The number of pyridine rings is 1. The number of aromatic amines is 1. The highest BCUT2D eigenvalue weighted by Gasteiger charge is 2.46. The Morgan fingerprint density at radius 2 is 2.13 bits per heavy atom. The zero-order valence-electron chi connectivity index (χ0n) is 20.9. The van der Waals surface area contributed by atoms with Gasteiger partial charge in [0.2, 0.25) is 11.6 Å². The van der Waals surface area contributed by atoms with Gasteiger partial charge in [0.15, 0.2) is 0 Å². The summed E-state index contributed by atoms with van der Waals surface area (Å²) < 4.78 is 29.2. The molecule has 3 aromatic rings. The van der Waals surface area contributed by atoms with E-state index >= 15 is 0 Å². The van der Waals surface area contributed by atoms with Gasteiger partial charge in [0.1, 0.15) is 6.54 Å². The summed E-state index contributed by atoms with van der Waals surface area (Å²) in [7, 11) is 0. The second kappa shape index (κ2) is 10.4. The number of fused-ring (bicyclic) bond motifs is 1. The normalized spacial score (nSPS) is 16.5. The van der Waals surface area contributed by atoms with Gasteiger partial charge in [-0.15, -0.1) is 4.68 Å². The fourth-order valence-corrected chi connectivity index (χ4v) is 4.39. The molecule has 0 bridgehead atoms. The van der Waals surface area contributed by atoms with Gasteiger partial charge >= 0.3 is 5.92 Å². The quantitative estimate of drug-likeness (QED) is 0.227. The molecule has 194 valence electrons. The summed E-state index contributed by atoms with van der Waals surface area (Å²) in [6.45, 7) is 2.21. The lowest BCUT2D eigenvalue weighted by atomic mass is 9.98. The number of benzene rings is 1. The molecule has 11 heteroatoms. The maximum Gasteiger partial charge on any atom is 0.321 e. The highest BCUT2D eigenvalue weighted by molar-refractivity contribution is 6.10. The van der Waals surface area contributed by atoms with Crippen LogP contribution in [0.1, 0.15) is 49.6 Å². The first-order valence-corrected chi connectivity index (χ1v) is 12.0. The van der Waals surface area contributed by atoms with Crippen molar-refractivity contribution in [1.29, 1.82) is 10.5 Å². The van der Waals surface area contributed by atoms with Gasteiger partial charge in [-0.25, -0.2) is 0 Å². The van der Waals surface area contributed by atoms with E-state index in [2.05, 4.69) is 26.5 Å². The Balaban J connectivity index is 1.74. The van der Waals surface area contributed by atoms with Gasteiger partial charge in [-0.1, -0.05) is 0 Å². The molecule has 2 atom stereocenters. The number of nitrogens with two attached hydrogens (primary N) is 1. The van der Waals surface area contributed by atoms with Gasteiger partial charge in [-0.3, -0.25) is 14.8 Å². The van der Waals surface area contributed by atoms with E-state index in [-0.39, 0.29) is 6.54 Å². The molecule has 0 spiro atoms. The number of allylic oxidation sites excluding steroid dienone is 1. The van der Waals surface area contributed by atoms with Crippen LogP contribution in [0.3, 0.4) is 0 Å². The van der Waals surface area contributed by atoms with Crippen molar-refractivity contribution in [2.24, 2.45) is 10.7 Å². The Hall–Kier alpha value is -4.64. The number of carbonyl (C=O) groups excluding carboxylic acids is 1. The number of nitrogens with zero attached hydrogens (tertiary/aromatic N) is 5. The van der Waals surface area contributed by atoms with E-state index < -0.39 is 29.3 Å². The van der Waals surface area contributed by atoms with Gasteiger partial charge in [0.05, 0.1) is 40.9 Å². The number of nitrogens with one attached hydrogen (secondary N) is 2. The van der Waals surface area contributed by atoms with Gasteiger partial charge in [-0.05, 0) is 49.6 Å². The van der Waals surface area contributed by atoms with E-state index in [0.29, 0.717) is 23.8 Å². The third-order valence-electron chi connectivity index (χ3n) is 6.64. The minimum Gasteiger partial charge on any atom is -0.404 e.